The van der Waals surface area contributed by atoms with E-state index >= 15 is 0 Å². The molecule has 0 atom stereocenters. The summed E-state index contributed by atoms with van der Waals surface area (Å²) in [7, 11) is 0. The van der Waals surface area contributed by atoms with Crippen LogP contribution in [0.2, 0.25) is 0 Å². The molecule has 0 saturated heterocycles. The molecule has 8 nitrogen and oxygen atoms in total. The van der Waals surface area contributed by atoms with E-state index in [0.717, 1.165) is 22.5 Å². The molecule has 9 heteroatoms. The Bertz CT molecular complexity index is 2850. The van der Waals surface area contributed by atoms with Crippen molar-refractivity contribution < 1.29 is 9.85 Å². The van der Waals surface area contributed by atoms with Crippen LogP contribution in [-0.2, 0) is 21.7 Å². The average Bonchev–Trinajstić information content (AvgIpc) is 3.35. The molecule has 0 unspecified atom stereocenters. The van der Waals surface area contributed by atoms with Crippen molar-refractivity contribution in [2.24, 2.45) is 0 Å². The molecule has 0 amide bonds. The van der Waals surface area contributed by atoms with Gasteiger partial charge in [-0.15, -0.1) is 0 Å². The van der Waals surface area contributed by atoms with Crippen LogP contribution in [0, 0.1) is 23.8 Å². The van der Waals surface area contributed by atoms with E-state index < -0.39 is 0 Å². The van der Waals surface area contributed by atoms with E-state index in [0.29, 0.717) is 9.26 Å². The molecule has 8 aromatic rings. The van der Waals surface area contributed by atoms with Crippen LogP contribution in [-0.4, -0.2) is 9.85 Å². The molecular weight excluding hydrogens is 968 g/mol. The lowest BCUT2D eigenvalue weighted by Gasteiger charge is -2.34. The van der Waals surface area contributed by atoms with E-state index in [1.165, 1.54) is 45.5 Å². The number of nitrogens with two attached hydrogens (primary N) is 1. The minimum absolute atomic E-state index is 0.0540. The first-order chi connectivity index (χ1) is 32.8. The molecule has 0 fully saturated rings. The predicted octanol–water partition coefficient (Wildman–Crippen LogP) is 16.1. The lowest BCUT2D eigenvalue weighted by atomic mass is 9.72. The number of nitrogens with one attached hydrogen (secondary N) is 1. The van der Waals surface area contributed by atoms with Crippen molar-refractivity contribution in [3.05, 3.63) is 275 Å². The Morgan fingerprint density at radius 1 is 0.391 bits per heavy atom. The number of halogens is 1. The molecule has 0 bridgehead atoms. The summed E-state index contributed by atoms with van der Waals surface area (Å²) in [5.74, 6) is 0. The fourth-order valence-electron chi connectivity index (χ4n) is 8.90. The summed E-state index contributed by atoms with van der Waals surface area (Å²) in [5.41, 5.74) is 17.7. The third-order valence-corrected chi connectivity index (χ3v) is 14.2. The quantitative estimate of drug-likeness (QED) is 0.0544. The predicted molar refractivity (Wildman–Crippen MR) is 294 cm³/mol. The standard InChI is InChI=1S/C30H30N2O2.C24H27N.C6H4INO2/c1-29(2,22-14-7-5-8-15-22)24-18-13-19-25(30(3,4)23-16-9-6-10-17-23)28(24)31-26-20-11-12-21-27(26)32(33)34;1-23(2,18-12-7-5-8-13-18)20-16-11-17-21(22(20)25)24(3,4)19-14-9-6-10-15-19;7-5-3-1-2-4-6(5)8(9)10/h5-21,31H,1-4H3;5-17H,25H2,1-4H3;1-4H. The first kappa shape index (κ1) is 51.3. The second kappa shape index (κ2) is 21.9. The monoisotopic (exact) mass is 1030 g/mol. The Hall–Kier alpha value is -7.11. The number of rotatable bonds is 12. The van der Waals surface area contributed by atoms with Crippen molar-refractivity contribution in [2.75, 3.05) is 11.1 Å². The Kier molecular flexibility index (Phi) is 16.3. The van der Waals surface area contributed by atoms with E-state index in [1.807, 2.05) is 65.1 Å². The van der Waals surface area contributed by atoms with Crippen molar-refractivity contribution in [2.45, 2.75) is 77.0 Å². The zero-order valence-corrected chi connectivity index (χ0v) is 42.8. The molecule has 0 spiro atoms. The third kappa shape index (κ3) is 11.6. The van der Waals surface area contributed by atoms with Crippen molar-refractivity contribution in [3.8, 4) is 0 Å². The number of nitro groups is 2. The summed E-state index contributed by atoms with van der Waals surface area (Å²) in [6.45, 7) is 17.8. The first-order valence-electron chi connectivity index (χ1n) is 22.9. The van der Waals surface area contributed by atoms with E-state index in [1.54, 1.807) is 30.3 Å². The maximum Gasteiger partial charge on any atom is 0.292 e. The first-order valence-corrected chi connectivity index (χ1v) is 24.0. The Morgan fingerprint density at radius 2 is 0.681 bits per heavy atom. The van der Waals surface area contributed by atoms with E-state index in [2.05, 4.69) is 182 Å². The molecule has 352 valence electrons. The molecule has 0 aliphatic heterocycles. The zero-order chi connectivity index (χ0) is 50.0. The van der Waals surface area contributed by atoms with Gasteiger partial charge in [-0.05, 0) is 79.2 Å². The highest BCUT2D eigenvalue weighted by Crippen LogP contribution is 2.46. The van der Waals surface area contributed by atoms with Crippen LogP contribution in [0.15, 0.2) is 206 Å². The van der Waals surface area contributed by atoms with Gasteiger partial charge in [0.1, 0.15) is 5.69 Å². The number of anilines is 3. The number of hydrogen-bond donors (Lipinski definition) is 2. The maximum absolute atomic E-state index is 11.8. The van der Waals surface area contributed by atoms with Gasteiger partial charge in [-0.2, -0.15) is 0 Å². The van der Waals surface area contributed by atoms with Gasteiger partial charge in [-0.1, -0.05) is 237 Å². The van der Waals surface area contributed by atoms with Gasteiger partial charge < -0.3 is 11.1 Å². The van der Waals surface area contributed by atoms with Crippen LogP contribution < -0.4 is 11.1 Å². The number of benzene rings is 8. The molecule has 0 aromatic heterocycles. The average molecular weight is 1030 g/mol. The van der Waals surface area contributed by atoms with Crippen molar-refractivity contribution in [3.63, 3.8) is 0 Å². The fourth-order valence-corrected chi connectivity index (χ4v) is 9.48. The summed E-state index contributed by atoms with van der Waals surface area (Å²) in [6.07, 6.45) is 0. The molecule has 0 aliphatic carbocycles. The number of nitro benzene ring substituents is 2. The van der Waals surface area contributed by atoms with E-state index in [-0.39, 0.29) is 42.9 Å². The van der Waals surface area contributed by atoms with Gasteiger partial charge in [0.25, 0.3) is 11.4 Å². The van der Waals surface area contributed by atoms with Crippen molar-refractivity contribution >= 4 is 51.0 Å². The lowest BCUT2D eigenvalue weighted by Crippen LogP contribution is -2.25. The van der Waals surface area contributed by atoms with E-state index in [4.69, 9.17) is 5.73 Å². The fraction of sp³-hybridized carbons (Fsp3) is 0.200. The smallest absolute Gasteiger partial charge is 0.292 e. The number of nitrogens with zero attached hydrogens (tertiary/aromatic N) is 2. The van der Waals surface area contributed by atoms with Crippen LogP contribution in [0.5, 0.6) is 0 Å². The second-order valence-electron chi connectivity index (χ2n) is 19.1. The van der Waals surface area contributed by atoms with Gasteiger partial charge >= 0.3 is 0 Å². The Labute approximate surface area is 421 Å². The summed E-state index contributed by atoms with van der Waals surface area (Å²) in [4.78, 5) is 21.3. The normalized spacial score (nSPS) is 11.6. The van der Waals surface area contributed by atoms with Crippen molar-refractivity contribution in [1.82, 2.24) is 0 Å². The van der Waals surface area contributed by atoms with Gasteiger partial charge in [-0.3, -0.25) is 20.2 Å². The summed E-state index contributed by atoms with van der Waals surface area (Å²) >= 11 is 1.93. The molecule has 0 saturated carbocycles. The SMILES string of the molecule is CC(C)(c1ccccc1)c1cccc(C(C)(C)c2ccccc2)c1N.CC(C)(c1ccccc1)c1cccc(C(C)(C)c2ccccc2)c1Nc1ccccc1[N+](=O)[O-].O=[N+]([O-])c1ccccc1I. The Morgan fingerprint density at radius 3 is 1.01 bits per heavy atom. The van der Waals surface area contributed by atoms with Gasteiger partial charge in [-0.25, -0.2) is 0 Å². The van der Waals surface area contributed by atoms with Crippen LogP contribution in [0.4, 0.5) is 28.4 Å². The van der Waals surface area contributed by atoms with Crippen LogP contribution in [0.25, 0.3) is 0 Å². The zero-order valence-electron chi connectivity index (χ0n) is 40.6. The van der Waals surface area contributed by atoms with Gasteiger partial charge in [0.15, 0.2) is 0 Å². The molecular formula is C60H61IN4O4. The third-order valence-electron chi connectivity index (χ3n) is 13.3. The highest BCUT2D eigenvalue weighted by Gasteiger charge is 2.34. The minimum atomic E-state index is -0.387. The molecule has 8 rings (SSSR count). The van der Waals surface area contributed by atoms with Crippen LogP contribution in [0.1, 0.15) is 99.9 Å². The van der Waals surface area contributed by atoms with Gasteiger partial charge in [0.05, 0.1) is 13.4 Å². The molecule has 0 radical (unpaired) electrons. The molecule has 3 N–H and O–H groups in total. The lowest BCUT2D eigenvalue weighted by molar-refractivity contribution is -0.385. The van der Waals surface area contributed by atoms with Gasteiger partial charge in [0, 0.05) is 45.2 Å². The van der Waals surface area contributed by atoms with Crippen molar-refractivity contribution in [1.29, 1.82) is 0 Å². The summed E-state index contributed by atoms with van der Waals surface area (Å²) in [5, 5.41) is 25.5. The van der Waals surface area contributed by atoms with Crippen LogP contribution >= 0.6 is 22.6 Å². The topological polar surface area (TPSA) is 124 Å². The molecule has 0 heterocycles. The highest BCUT2D eigenvalue weighted by molar-refractivity contribution is 14.1. The number of para-hydroxylation sites is 5. The van der Waals surface area contributed by atoms with E-state index in [9.17, 15) is 20.2 Å². The largest absolute Gasteiger partial charge is 0.398 e. The second-order valence-corrected chi connectivity index (χ2v) is 20.2. The summed E-state index contributed by atoms with van der Waals surface area (Å²) in [6, 6.07) is 68.1. The molecule has 69 heavy (non-hydrogen) atoms. The van der Waals surface area contributed by atoms with Crippen LogP contribution in [0.3, 0.4) is 0 Å². The number of hydrogen-bond acceptors (Lipinski definition) is 6. The maximum atomic E-state index is 11.8. The summed E-state index contributed by atoms with van der Waals surface area (Å²) < 4.78 is 0.671. The molecule has 0 aliphatic rings. The molecule has 8 aromatic carbocycles. The Balaban J connectivity index is 0.000000195. The number of nitrogen functional groups attached to an aromatic ring is 1. The highest BCUT2D eigenvalue weighted by atomic mass is 127. The van der Waals surface area contributed by atoms with Gasteiger partial charge in [0.2, 0.25) is 0 Å². The minimum Gasteiger partial charge on any atom is -0.398 e.